The molecule has 2 aromatic heterocycles. The van der Waals surface area contributed by atoms with Crippen molar-refractivity contribution >= 4 is 33.8 Å². The number of rotatable bonds is 8. The summed E-state index contributed by atoms with van der Waals surface area (Å²) in [6.07, 6.45) is 0. The number of thiazole rings is 1. The van der Waals surface area contributed by atoms with E-state index >= 15 is 0 Å². The Labute approximate surface area is 131 Å². The van der Waals surface area contributed by atoms with E-state index in [0.717, 1.165) is 11.3 Å². The molecule has 2 aromatic rings. The van der Waals surface area contributed by atoms with E-state index in [0.29, 0.717) is 31.5 Å². The van der Waals surface area contributed by atoms with Gasteiger partial charge < -0.3 is 14.8 Å². The Morgan fingerprint density at radius 1 is 1.38 bits per heavy atom. The number of thiophene rings is 1. The SMILES string of the molecule is COCCOCc1csc(NC(=O)NCc2ccsc2)n1. The molecule has 0 aliphatic carbocycles. The molecule has 0 saturated heterocycles. The smallest absolute Gasteiger partial charge is 0.321 e. The van der Waals surface area contributed by atoms with Gasteiger partial charge in [0.05, 0.1) is 25.5 Å². The number of ether oxygens (including phenoxy) is 2. The highest BCUT2D eigenvalue weighted by molar-refractivity contribution is 7.13. The number of carbonyl (C=O) groups excluding carboxylic acids is 1. The summed E-state index contributed by atoms with van der Waals surface area (Å²) >= 11 is 2.98. The lowest BCUT2D eigenvalue weighted by molar-refractivity contribution is 0.0604. The first-order valence-corrected chi connectivity index (χ1v) is 8.17. The second-order valence-electron chi connectivity index (χ2n) is 4.13. The Hall–Kier alpha value is -1.48. The van der Waals surface area contributed by atoms with Gasteiger partial charge in [-0.1, -0.05) is 0 Å². The van der Waals surface area contributed by atoms with Crippen LogP contribution in [0.4, 0.5) is 9.93 Å². The lowest BCUT2D eigenvalue weighted by atomic mass is 10.3. The van der Waals surface area contributed by atoms with Crippen molar-refractivity contribution < 1.29 is 14.3 Å². The van der Waals surface area contributed by atoms with E-state index in [4.69, 9.17) is 9.47 Å². The molecule has 8 heteroatoms. The summed E-state index contributed by atoms with van der Waals surface area (Å²) in [5.41, 5.74) is 1.88. The minimum absolute atomic E-state index is 0.262. The van der Waals surface area contributed by atoms with Crippen LogP contribution in [-0.2, 0) is 22.6 Å². The minimum atomic E-state index is -0.262. The predicted molar refractivity (Wildman–Crippen MR) is 83.8 cm³/mol. The maximum absolute atomic E-state index is 11.7. The van der Waals surface area contributed by atoms with Crippen molar-refractivity contribution in [3.8, 4) is 0 Å². The lowest BCUT2D eigenvalue weighted by Gasteiger charge is -2.03. The number of urea groups is 1. The van der Waals surface area contributed by atoms with Crippen molar-refractivity contribution in [1.29, 1.82) is 0 Å². The molecule has 21 heavy (non-hydrogen) atoms. The molecule has 0 fully saturated rings. The molecule has 0 bridgehead atoms. The maximum Gasteiger partial charge on any atom is 0.321 e. The lowest BCUT2D eigenvalue weighted by Crippen LogP contribution is -2.27. The highest BCUT2D eigenvalue weighted by Crippen LogP contribution is 2.16. The van der Waals surface area contributed by atoms with Crippen LogP contribution in [0.5, 0.6) is 0 Å². The molecule has 0 aromatic carbocycles. The largest absolute Gasteiger partial charge is 0.382 e. The summed E-state index contributed by atoms with van der Waals surface area (Å²) in [5, 5.41) is 11.9. The highest BCUT2D eigenvalue weighted by atomic mass is 32.1. The van der Waals surface area contributed by atoms with Crippen LogP contribution in [0.25, 0.3) is 0 Å². The number of nitrogens with one attached hydrogen (secondary N) is 2. The van der Waals surface area contributed by atoms with Gasteiger partial charge in [0, 0.05) is 19.0 Å². The maximum atomic E-state index is 11.7. The van der Waals surface area contributed by atoms with Crippen LogP contribution >= 0.6 is 22.7 Å². The molecule has 0 unspecified atom stereocenters. The van der Waals surface area contributed by atoms with Crippen molar-refractivity contribution in [1.82, 2.24) is 10.3 Å². The van der Waals surface area contributed by atoms with Crippen molar-refractivity contribution in [3.63, 3.8) is 0 Å². The zero-order valence-corrected chi connectivity index (χ0v) is 13.3. The van der Waals surface area contributed by atoms with Gasteiger partial charge >= 0.3 is 6.03 Å². The van der Waals surface area contributed by atoms with Gasteiger partial charge in [0.2, 0.25) is 0 Å². The molecule has 114 valence electrons. The van der Waals surface area contributed by atoms with Gasteiger partial charge in [0.15, 0.2) is 5.13 Å². The van der Waals surface area contributed by atoms with Gasteiger partial charge in [-0.25, -0.2) is 9.78 Å². The third-order valence-electron chi connectivity index (χ3n) is 2.49. The van der Waals surface area contributed by atoms with Crippen molar-refractivity contribution in [2.24, 2.45) is 0 Å². The highest BCUT2D eigenvalue weighted by Gasteiger charge is 2.06. The number of methoxy groups -OCH3 is 1. The molecular formula is C13H17N3O3S2. The Bertz CT molecular complexity index is 543. The van der Waals surface area contributed by atoms with Crippen molar-refractivity contribution in [2.75, 3.05) is 25.6 Å². The van der Waals surface area contributed by atoms with Crippen molar-refractivity contribution in [2.45, 2.75) is 13.2 Å². The Morgan fingerprint density at radius 3 is 3.05 bits per heavy atom. The summed E-state index contributed by atoms with van der Waals surface area (Å²) in [6.45, 7) is 2.00. The van der Waals surface area contributed by atoms with Gasteiger partial charge in [-0.2, -0.15) is 11.3 Å². The third kappa shape index (κ3) is 5.80. The van der Waals surface area contributed by atoms with E-state index in [1.165, 1.54) is 11.3 Å². The monoisotopic (exact) mass is 327 g/mol. The van der Waals surface area contributed by atoms with Gasteiger partial charge in [0.25, 0.3) is 0 Å². The van der Waals surface area contributed by atoms with Crippen LogP contribution in [0.3, 0.4) is 0 Å². The summed E-state index contributed by atoms with van der Waals surface area (Å²) in [5.74, 6) is 0. The number of anilines is 1. The van der Waals surface area contributed by atoms with Gasteiger partial charge in [-0.05, 0) is 22.4 Å². The summed E-state index contributed by atoms with van der Waals surface area (Å²) in [6, 6.07) is 1.71. The standard InChI is InChI=1S/C13H17N3O3S2/c1-18-3-4-19-7-11-9-21-13(15-11)16-12(17)14-6-10-2-5-20-8-10/h2,5,8-9H,3-4,6-7H2,1H3,(H2,14,15,16,17). The van der Waals surface area contributed by atoms with Crippen LogP contribution in [-0.4, -0.2) is 31.3 Å². The van der Waals surface area contributed by atoms with E-state index in [2.05, 4.69) is 15.6 Å². The zero-order valence-electron chi connectivity index (χ0n) is 11.6. The van der Waals surface area contributed by atoms with Gasteiger partial charge in [-0.3, -0.25) is 5.32 Å². The second-order valence-corrected chi connectivity index (χ2v) is 5.77. The van der Waals surface area contributed by atoms with Gasteiger partial charge in [0.1, 0.15) is 0 Å². The van der Waals surface area contributed by atoms with E-state index < -0.39 is 0 Å². The Kier molecular flexibility index (Phi) is 6.61. The summed E-state index contributed by atoms with van der Waals surface area (Å²) < 4.78 is 10.3. The molecule has 0 atom stereocenters. The molecule has 0 aliphatic heterocycles. The molecule has 0 spiro atoms. The predicted octanol–water partition coefficient (Wildman–Crippen LogP) is 2.69. The minimum Gasteiger partial charge on any atom is -0.382 e. The summed E-state index contributed by atoms with van der Waals surface area (Å²) in [7, 11) is 1.63. The topological polar surface area (TPSA) is 72.5 Å². The number of carbonyl (C=O) groups is 1. The fourth-order valence-electron chi connectivity index (χ4n) is 1.47. The average molecular weight is 327 g/mol. The summed E-state index contributed by atoms with van der Waals surface area (Å²) in [4.78, 5) is 16.0. The van der Waals surface area contributed by atoms with E-state index in [-0.39, 0.29) is 6.03 Å². The first-order chi connectivity index (χ1) is 10.3. The molecule has 0 radical (unpaired) electrons. The first kappa shape index (κ1) is 15.9. The Balaban J connectivity index is 1.70. The normalized spacial score (nSPS) is 10.5. The fraction of sp³-hybridized carbons (Fsp3) is 0.385. The van der Waals surface area contributed by atoms with Crippen molar-refractivity contribution in [3.05, 3.63) is 33.5 Å². The molecule has 6 nitrogen and oxygen atoms in total. The molecule has 2 rings (SSSR count). The quantitative estimate of drug-likeness (QED) is 0.731. The second kappa shape index (κ2) is 8.73. The molecule has 2 heterocycles. The molecule has 0 aliphatic rings. The molecule has 2 N–H and O–H groups in total. The number of hydrogen-bond acceptors (Lipinski definition) is 6. The van der Waals surface area contributed by atoms with Crippen LogP contribution < -0.4 is 10.6 Å². The fourth-order valence-corrected chi connectivity index (χ4v) is 2.83. The van der Waals surface area contributed by atoms with E-state index in [1.807, 2.05) is 22.2 Å². The molecule has 0 saturated carbocycles. The van der Waals surface area contributed by atoms with Crippen LogP contribution in [0.15, 0.2) is 22.2 Å². The number of nitrogens with zero attached hydrogens (tertiary/aromatic N) is 1. The molecule has 2 amide bonds. The number of amides is 2. The van der Waals surface area contributed by atoms with Crippen LogP contribution in [0.1, 0.15) is 11.3 Å². The Morgan fingerprint density at radius 2 is 2.29 bits per heavy atom. The molecular weight excluding hydrogens is 310 g/mol. The van der Waals surface area contributed by atoms with Crippen LogP contribution in [0, 0.1) is 0 Å². The average Bonchev–Trinajstić information content (AvgIpc) is 3.13. The third-order valence-corrected chi connectivity index (χ3v) is 4.03. The number of aromatic nitrogens is 1. The van der Waals surface area contributed by atoms with E-state index in [1.54, 1.807) is 18.4 Å². The zero-order chi connectivity index (χ0) is 14.9. The van der Waals surface area contributed by atoms with E-state index in [9.17, 15) is 4.79 Å². The first-order valence-electron chi connectivity index (χ1n) is 6.35. The number of hydrogen-bond donors (Lipinski definition) is 2. The van der Waals surface area contributed by atoms with Crippen LogP contribution in [0.2, 0.25) is 0 Å². The van der Waals surface area contributed by atoms with Gasteiger partial charge in [-0.15, -0.1) is 11.3 Å².